The number of hydrogen-bond acceptors (Lipinski definition) is 8. The van der Waals surface area contributed by atoms with E-state index in [4.69, 9.17) is 19.9 Å². The molecular weight excluding hydrogens is 500 g/mol. The molecule has 0 radical (unpaired) electrons. The lowest BCUT2D eigenvalue weighted by molar-refractivity contribution is -0.209. The minimum Gasteiger partial charge on any atom is -0.393 e. The fourth-order valence-electron chi connectivity index (χ4n) is 7.80. The number of carbonyl (C=O) groups excluding carboxylic acids is 3. The number of aliphatic hydroxyl groups is 1. The van der Waals surface area contributed by atoms with E-state index in [9.17, 15) is 19.5 Å². The van der Waals surface area contributed by atoms with E-state index >= 15 is 0 Å². The van der Waals surface area contributed by atoms with Crippen molar-refractivity contribution in [1.82, 2.24) is 4.90 Å². The zero-order valence-corrected chi connectivity index (χ0v) is 24.3. The number of ketones is 2. The lowest BCUT2D eigenvalue weighted by Crippen LogP contribution is -2.66. The Morgan fingerprint density at radius 3 is 2.72 bits per heavy atom. The second-order valence-corrected chi connectivity index (χ2v) is 12.6. The largest absolute Gasteiger partial charge is 0.393 e. The van der Waals surface area contributed by atoms with E-state index in [0.29, 0.717) is 12.8 Å². The summed E-state index contributed by atoms with van der Waals surface area (Å²) in [5.74, 6) is -0.451. The summed E-state index contributed by atoms with van der Waals surface area (Å²) in [5.41, 5.74) is 4.35. The molecule has 1 heterocycles. The van der Waals surface area contributed by atoms with Gasteiger partial charge in [-0.05, 0) is 56.6 Å². The molecule has 218 valence electrons. The molecule has 1 aliphatic heterocycles. The van der Waals surface area contributed by atoms with Crippen molar-refractivity contribution < 1.29 is 33.7 Å². The van der Waals surface area contributed by atoms with E-state index in [2.05, 4.69) is 13.8 Å². The molecule has 3 fully saturated rings. The summed E-state index contributed by atoms with van der Waals surface area (Å²) in [4.78, 5) is 39.7. The van der Waals surface area contributed by atoms with Crippen molar-refractivity contribution in [3.8, 4) is 0 Å². The van der Waals surface area contributed by atoms with Gasteiger partial charge in [-0.2, -0.15) is 0 Å². The average molecular weight is 547 g/mol. The summed E-state index contributed by atoms with van der Waals surface area (Å²) in [6.07, 6.45) is 7.59. The number of likely N-dealkylation sites (N-methyl/N-ethyl adjacent to an activating group) is 1. The van der Waals surface area contributed by atoms with Gasteiger partial charge in [0.15, 0.2) is 23.5 Å². The second kappa shape index (κ2) is 11.2. The van der Waals surface area contributed by atoms with Crippen LogP contribution >= 0.6 is 0 Å². The molecule has 4 aliphatic rings. The van der Waals surface area contributed by atoms with Crippen LogP contribution in [-0.2, 0) is 28.6 Å². The van der Waals surface area contributed by atoms with Gasteiger partial charge >= 0.3 is 0 Å². The van der Waals surface area contributed by atoms with Crippen LogP contribution in [-0.4, -0.2) is 78.5 Å². The number of carbonyl (C=O) groups is 3. The predicted molar refractivity (Wildman–Crippen MR) is 145 cm³/mol. The third-order valence-corrected chi connectivity index (χ3v) is 10.2. The monoisotopic (exact) mass is 546 g/mol. The molecule has 0 aromatic rings. The molecule has 9 nitrogen and oxygen atoms in total. The van der Waals surface area contributed by atoms with E-state index in [1.54, 1.807) is 26.1 Å². The van der Waals surface area contributed by atoms with Crippen molar-refractivity contribution in [2.24, 2.45) is 34.3 Å². The van der Waals surface area contributed by atoms with Gasteiger partial charge in [-0.25, -0.2) is 0 Å². The first-order valence-corrected chi connectivity index (χ1v) is 14.3. The SMILES string of the molecule is CCCC1OCC(C(=O)COCN(C)C(=O)C(C)N)(C2(C)CC(O)C3C(CCC4=CC(=O)C=CC43C)C2C)O1. The number of allylic oxidation sites excluding steroid dienone is 4. The van der Waals surface area contributed by atoms with E-state index in [-0.39, 0.29) is 55.2 Å². The van der Waals surface area contributed by atoms with Crippen LogP contribution in [0.25, 0.3) is 0 Å². The van der Waals surface area contributed by atoms with Crippen LogP contribution in [0.3, 0.4) is 0 Å². The summed E-state index contributed by atoms with van der Waals surface area (Å²) >= 11 is 0. The van der Waals surface area contributed by atoms with Crippen molar-refractivity contribution >= 4 is 17.5 Å². The van der Waals surface area contributed by atoms with Crippen LogP contribution in [0.5, 0.6) is 0 Å². The molecule has 1 saturated heterocycles. The van der Waals surface area contributed by atoms with E-state index in [1.807, 2.05) is 19.9 Å². The Balaban J connectivity index is 1.61. The average Bonchev–Trinajstić information content (AvgIpc) is 3.32. The van der Waals surface area contributed by atoms with Gasteiger partial charge in [0.05, 0.1) is 18.8 Å². The normalized spacial score (nSPS) is 40.5. The van der Waals surface area contributed by atoms with Gasteiger partial charge in [-0.1, -0.05) is 45.8 Å². The van der Waals surface area contributed by atoms with Crippen molar-refractivity contribution in [3.05, 3.63) is 23.8 Å². The molecule has 0 aromatic heterocycles. The molecule has 2 saturated carbocycles. The standard InChI is InChI=1S/C30H46N2O7/c1-7-8-25-38-16-30(39-25,24(35)15-37-17-32(6)27(36)19(3)31)29(5)14-23(34)26-22(18(29)2)10-9-20-13-21(33)11-12-28(20,26)4/h11-13,18-19,22-23,25-26,34H,7-10,14-17,31H2,1-6H3. The van der Waals surface area contributed by atoms with Crippen LogP contribution in [0.1, 0.15) is 66.7 Å². The Labute approximate surface area is 232 Å². The third-order valence-electron chi connectivity index (χ3n) is 10.2. The number of rotatable bonds is 9. The predicted octanol–water partition coefficient (Wildman–Crippen LogP) is 2.75. The maximum absolute atomic E-state index is 14.0. The van der Waals surface area contributed by atoms with Gasteiger partial charge in [-0.15, -0.1) is 0 Å². The lowest BCUT2D eigenvalue weighted by Gasteiger charge is -2.61. The van der Waals surface area contributed by atoms with Crippen LogP contribution in [0.4, 0.5) is 0 Å². The number of fused-ring (bicyclic) bond motifs is 3. The highest BCUT2D eigenvalue weighted by molar-refractivity contribution is 6.01. The highest BCUT2D eigenvalue weighted by Crippen LogP contribution is 2.63. The smallest absolute Gasteiger partial charge is 0.240 e. The highest BCUT2D eigenvalue weighted by atomic mass is 16.7. The summed E-state index contributed by atoms with van der Waals surface area (Å²) < 4.78 is 18.3. The van der Waals surface area contributed by atoms with Crippen LogP contribution in [0.2, 0.25) is 0 Å². The maximum Gasteiger partial charge on any atom is 0.240 e. The molecule has 3 aliphatic carbocycles. The van der Waals surface area contributed by atoms with Crippen LogP contribution in [0.15, 0.2) is 23.8 Å². The molecule has 39 heavy (non-hydrogen) atoms. The van der Waals surface area contributed by atoms with Crippen molar-refractivity contribution in [3.63, 3.8) is 0 Å². The topological polar surface area (TPSA) is 128 Å². The summed E-state index contributed by atoms with van der Waals surface area (Å²) in [6, 6.07) is -0.664. The number of amides is 1. The van der Waals surface area contributed by atoms with Crippen LogP contribution in [0, 0.1) is 28.6 Å². The molecule has 0 bridgehead atoms. The molecule has 3 N–H and O–H groups in total. The minimum atomic E-state index is -1.29. The maximum atomic E-state index is 14.0. The minimum absolute atomic E-state index is 0.000367. The fourth-order valence-corrected chi connectivity index (χ4v) is 7.80. The molecule has 4 rings (SSSR count). The lowest BCUT2D eigenvalue weighted by atomic mass is 9.44. The molecule has 0 spiro atoms. The molecule has 9 atom stereocenters. The molecular formula is C30H46N2O7. The van der Waals surface area contributed by atoms with Gasteiger partial charge in [0.1, 0.15) is 13.3 Å². The summed E-state index contributed by atoms with van der Waals surface area (Å²) in [5, 5.41) is 11.8. The third kappa shape index (κ3) is 5.05. The number of nitrogens with zero attached hydrogens (tertiary/aromatic N) is 1. The van der Waals surface area contributed by atoms with E-state index in [0.717, 1.165) is 24.8 Å². The molecule has 9 unspecified atom stereocenters. The summed E-state index contributed by atoms with van der Waals surface area (Å²) in [7, 11) is 1.58. The van der Waals surface area contributed by atoms with Gasteiger partial charge < -0.3 is 30.0 Å². The Morgan fingerprint density at radius 2 is 2.05 bits per heavy atom. The Morgan fingerprint density at radius 1 is 1.33 bits per heavy atom. The second-order valence-electron chi connectivity index (χ2n) is 12.6. The number of aliphatic hydroxyl groups excluding tert-OH is 1. The van der Waals surface area contributed by atoms with E-state index in [1.165, 1.54) is 4.90 Å². The molecule has 1 amide bonds. The van der Waals surface area contributed by atoms with E-state index < -0.39 is 34.9 Å². The zero-order valence-electron chi connectivity index (χ0n) is 24.3. The van der Waals surface area contributed by atoms with Crippen LogP contribution < -0.4 is 5.73 Å². The Kier molecular flexibility index (Phi) is 8.60. The first-order chi connectivity index (χ1) is 18.3. The Hall–Kier alpha value is -1.91. The number of hydrogen-bond donors (Lipinski definition) is 2. The fraction of sp³-hybridized carbons (Fsp3) is 0.767. The number of Topliss-reactive ketones (excluding diaryl/α,β-unsaturated/α-hetero) is 1. The van der Waals surface area contributed by atoms with Crippen molar-refractivity contribution in [2.75, 3.05) is 27.0 Å². The van der Waals surface area contributed by atoms with Gasteiger partial charge in [-0.3, -0.25) is 14.4 Å². The number of nitrogens with two attached hydrogens (primary N) is 1. The number of ether oxygens (including phenoxy) is 3. The Bertz CT molecular complexity index is 1040. The summed E-state index contributed by atoms with van der Waals surface area (Å²) in [6.45, 7) is 9.76. The van der Waals surface area contributed by atoms with Gasteiger partial charge in [0.25, 0.3) is 0 Å². The van der Waals surface area contributed by atoms with Crippen molar-refractivity contribution in [1.29, 1.82) is 0 Å². The molecule has 0 aromatic carbocycles. The van der Waals surface area contributed by atoms with Gasteiger partial charge in [0.2, 0.25) is 5.91 Å². The van der Waals surface area contributed by atoms with Gasteiger partial charge in [0, 0.05) is 23.8 Å². The first kappa shape index (κ1) is 30.1. The highest BCUT2D eigenvalue weighted by Gasteiger charge is 2.67. The first-order valence-electron chi connectivity index (χ1n) is 14.3. The molecule has 9 heteroatoms. The quantitative estimate of drug-likeness (QED) is 0.423. The zero-order chi connectivity index (χ0) is 28.8. The van der Waals surface area contributed by atoms with Crippen molar-refractivity contribution in [2.45, 2.75) is 90.8 Å².